The van der Waals surface area contributed by atoms with Crippen LogP contribution in [-0.4, -0.2) is 43.3 Å². The van der Waals surface area contributed by atoms with Crippen LogP contribution in [0, 0.1) is 0 Å². The number of ether oxygens (including phenoxy) is 1. The summed E-state index contributed by atoms with van der Waals surface area (Å²) in [6, 6.07) is 1.86. The molecule has 6 heteroatoms. The molecule has 0 bridgehead atoms. The van der Waals surface area contributed by atoms with Crippen molar-refractivity contribution < 1.29 is 4.74 Å². The second kappa shape index (κ2) is 7.84. The van der Waals surface area contributed by atoms with E-state index < -0.39 is 0 Å². The molecule has 0 spiro atoms. The molecule has 0 aliphatic rings. The van der Waals surface area contributed by atoms with Gasteiger partial charge in [0.25, 0.3) is 0 Å². The molecule has 16 heavy (non-hydrogen) atoms. The van der Waals surface area contributed by atoms with Crippen LogP contribution in [-0.2, 0) is 4.74 Å². The third-order valence-corrected chi connectivity index (χ3v) is 1.95. The molecule has 1 aromatic rings. The van der Waals surface area contributed by atoms with Gasteiger partial charge in [-0.05, 0) is 6.42 Å². The molecule has 1 rings (SSSR count). The minimum atomic E-state index is 0.584. The van der Waals surface area contributed by atoms with Crippen molar-refractivity contribution in [2.45, 2.75) is 6.42 Å². The van der Waals surface area contributed by atoms with Gasteiger partial charge in [0.05, 0.1) is 0 Å². The maximum absolute atomic E-state index is 5.39. The van der Waals surface area contributed by atoms with Gasteiger partial charge in [-0.3, -0.25) is 0 Å². The van der Waals surface area contributed by atoms with Gasteiger partial charge in [-0.15, -0.1) is 0 Å². The van der Waals surface area contributed by atoms with Crippen LogP contribution in [0.5, 0.6) is 0 Å². The lowest BCUT2D eigenvalue weighted by Crippen LogP contribution is -2.14. The smallest absolute Gasteiger partial charge is 0.131 e. The molecule has 0 aliphatic carbocycles. The Hall–Kier alpha value is -1.40. The van der Waals surface area contributed by atoms with Gasteiger partial charge in [0.2, 0.25) is 0 Å². The molecule has 0 fully saturated rings. The zero-order valence-electron chi connectivity index (χ0n) is 9.57. The lowest BCUT2D eigenvalue weighted by molar-refractivity contribution is 0.198. The topological polar surface area (TPSA) is 85.1 Å². The molecular weight excluding hydrogens is 206 g/mol. The standard InChI is InChI=1S/C10H19N5O/c1-16-6-2-4-12-9-7-10(13-5-3-11)15-8-14-9/h7-8H,2-6,11H2,1H3,(H2,12,13,14,15). The first-order chi connectivity index (χ1) is 7.86. The molecule has 0 radical (unpaired) electrons. The van der Waals surface area contributed by atoms with Gasteiger partial charge < -0.3 is 21.1 Å². The van der Waals surface area contributed by atoms with E-state index in [1.54, 1.807) is 7.11 Å². The molecule has 0 unspecified atom stereocenters. The Morgan fingerprint density at radius 1 is 1.25 bits per heavy atom. The number of methoxy groups -OCH3 is 1. The van der Waals surface area contributed by atoms with Crippen LogP contribution in [0.2, 0.25) is 0 Å². The quantitative estimate of drug-likeness (QED) is 0.552. The number of nitrogens with zero attached hydrogens (tertiary/aromatic N) is 2. The predicted octanol–water partition coefficient (Wildman–Crippen LogP) is 0.296. The van der Waals surface area contributed by atoms with E-state index in [9.17, 15) is 0 Å². The molecule has 0 saturated carbocycles. The Morgan fingerprint density at radius 3 is 2.56 bits per heavy atom. The lowest BCUT2D eigenvalue weighted by Gasteiger charge is -2.07. The van der Waals surface area contributed by atoms with Gasteiger partial charge in [0, 0.05) is 39.4 Å². The minimum absolute atomic E-state index is 0.584. The Balaban J connectivity index is 2.35. The van der Waals surface area contributed by atoms with Gasteiger partial charge in [0.15, 0.2) is 0 Å². The van der Waals surface area contributed by atoms with E-state index in [0.29, 0.717) is 13.1 Å². The second-order valence-corrected chi connectivity index (χ2v) is 3.28. The fourth-order valence-electron chi connectivity index (χ4n) is 1.18. The van der Waals surface area contributed by atoms with Gasteiger partial charge in [-0.25, -0.2) is 9.97 Å². The van der Waals surface area contributed by atoms with Crippen molar-refractivity contribution in [3.63, 3.8) is 0 Å². The number of hydrogen-bond donors (Lipinski definition) is 3. The minimum Gasteiger partial charge on any atom is -0.385 e. The largest absolute Gasteiger partial charge is 0.385 e. The molecule has 0 amide bonds. The van der Waals surface area contributed by atoms with Crippen LogP contribution in [0.4, 0.5) is 11.6 Å². The predicted molar refractivity (Wildman–Crippen MR) is 64.6 cm³/mol. The van der Waals surface area contributed by atoms with Crippen LogP contribution in [0.1, 0.15) is 6.42 Å². The van der Waals surface area contributed by atoms with E-state index >= 15 is 0 Å². The van der Waals surface area contributed by atoms with E-state index in [1.165, 1.54) is 6.33 Å². The lowest BCUT2D eigenvalue weighted by atomic mass is 10.4. The molecule has 0 aliphatic heterocycles. The highest BCUT2D eigenvalue weighted by atomic mass is 16.5. The summed E-state index contributed by atoms with van der Waals surface area (Å²) >= 11 is 0. The molecule has 0 saturated heterocycles. The zero-order chi connectivity index (χ0) is 11.6. The second-order valence-electron chi connectivity index (χ2n) is 3.28. The number of nitrogens with two attached hydrogens (primary N) is 1. The Kier molecular flexibility index (Phi) is 6.20. The van der Waals surface area contributed by atoms with Gasteiger partial charge in [0.1, 0.15) is 18.0 Å². The number of rotatable bonds is 8. The van der Waals surface area contributed by atoms with Crippen molar-refractivity contribution >= 4 is 11.6 Å². The van der Waals surface area contributed by atoms with Crippen LogP contribution >= 0.6 is 0 Å². The number of aromatic nitrogens is 2. The van der Waals surface area contributed by atoms with E-state index in [-0.39, 0.29) is 0 Å². The summed E-state index contributed by atoms with van der Waals surface area (Å²) in [6.45, 7) is 2.87. The van der Waals surface area contributed by atoms with E-state index in [2.05, 4.69) is 20.6 Å². The van der Waals surface area contributed by atoms with Crippen LogP contribution in [0.25, 0.3) is 0 Å². The highest BCUT2D eigenvalue weighted by Crippen LogP contribution is 2.07. The maximum Gasteiger partial charge on any atom is 0.131 e. The molecular formula is C10H19N5O. The summed E-state index contributed by atoms with van der Waals surface area (Å²) in [6.07, 6.45) is 2.48. The molecule has 6 nitrogen and oxygen atoms in total. The monoisotopic (exact) mass is 225 g/mol. The van der Waals surface area contributed by atoms with Crippen molar-refractivity contribution in [1.29, 1.82) is 0 Å². The highest BCUT2D eigenvalue weighted by Gasteiger charge is 1.97. The van der Waals surface area contributed by atoms with Gasteiger partial charge in [-0.1, -0.05) is 0 Å². The number of nitrogens with one attached hydrogen (secondary N) is 2. The first kappa shape index (κ1) is 12.7. The Bertz CT molecular complexity index is 294. The summed E-state index contributed by atoms with van der Waals surface area (Å²) in [4.78, 5) is 8.19. The van der Waals surface area contributed by atoms with Crippen molar-refractivity contribution in [2.24, 2.45) is 5.73 Å². The number of hydrogen-bond acceptors (Lipinski definition) is 6. The van der Waals surface area contributed by atoms with Crippen molar-refractivity contribution in [2.75, 3.05) is 44.0 Å². The molecule has 1 heterocycles. The zero-order valence-corrected chi connectivity index (χ0v) is 9.57. The summed E-state index contributed by atoms with van der Waals surface area (Å²) in [5.74, 6) is 1.60. The van der Waals surface area contributed by atoms with Crippen molar-refractivity contribution in [1.82, 2.24) is 9.97 Å². The molecule has 4 N–H and O–H groups in total. The maximum atomic E-state index is 5.39. The van der Waals surface area contributed by atoms with E-state index in [0.717, 1.165) is 31.2 Å². The number of anilines is 2. The van der Waals surface area contributed by atoms with Crippen LogP contribution < -0.4 is 16.4 Å². The van der Waals surface area contributed by atoms with Crippen LogP contribution in [0.15, 0.2) is 12.4 Å². The third-order valence-electron chi connectivity index (χ3n) is 1.95. The first-order valence-corrected chi connectivity index (χ1v) is 5.35. The fourth-order valence-corrected chi connectivity index (χ4v) is 1.18. The fraction of sp³-hybridized carbons (Fsp3) is 0.600. The van der Waals surface area contributed by atoms with Crippen molar-refractivity contribution in [3.8, 4) is 0 Å². The molecule has 90 valence electrons. The van der Waals surface area contributed by atoms with E-state index in [4.69, 9.17) is 10.5 Å². The Morgan fingerprint density at radius 2 is 1.94 bits per heavy atom. The SMILES string of the molecule is COCCCNc1cc(NCCN)ncn1. The summed E-state index contributed by atoms with van der Waals surface area (Å²) < 4.78 is 4.96. The van der Waals surface area contributed by atoms with E-state index in [1.807, 2.05) is 6.07 Å². The summed E-state index contributed by atoms with van der Waals surface area (Å²) in [5, 5.41) is 6.29. The van der Waals surface area contributed by atoms with Crippen LogP contribution in [0.3, 0.4) is 0 Å². The highest BCUT2D eigenvalue weighted by molar-refractivity contribution is 5.46. The van der Waals surface area contributed by atoms with Gasteiger partial charge >= 0.3 is 0 Å². The normalized spacial score (nSPS) is 10.1. The average molecular weight is 225 g/mol. The molecule has 0 aromatic carbocycles. The van der Waals surface area contributed by atoms with Gasteiger partial charge in [-0.2, -0.15) is 0 Å². The Labute approximate surface area is 95.6 Å². The molecule has 0 atom stereocenters. The average Bonchev–Trinajstić information content (AvgIpc) is 2.33. The summed E-state index contributed by atoms with van der Waals surface area (Å²) in [7, 11) is 1.69. The van der Waals surface area contributed by atoms with Crippen molar-refractivity contribution in [3.05, 3.63) is 12.4 Å². The first-order valence-electron chi connectivity index (χ1n) is 5.35. The summed E-state index contributed by atoms with van der Waals surface area (Å²) in [5.41, 5.74) is 5.39. The molecule has 1 aromatic heterocycles. The third kappa shape index (κ3) is 4.90.